The molecule has 0 amide bonds. The Hall–Kier alpha value is -3.13. The van der Waals surface area contributed by atoms with Crippen molar-refractivity contribution in [1.29, 1.82) is 0 Å². The molecule has 1 aliphatic carbocycles. The second-order valence-electron chi connectivity index (χ2n) is 7.81. The third kappa shape index (κ3) is 3.70. The number of nitrogens with one attached hydrogen (secondary N) is 2. The number of nitrogens with zero attached hydrogens (tertiary/aromatic N) is 6. The Morgan fingerprint density at radius 1 is 1.17 bits per heavy atom. The first-order chi connectivity index (χ1) is 14.6. The van der Waals surface area contributed by atoms with Gasteiger partial charge in [-0.25, -0.2) is 9.67 Å². The maximum atomic E-state index is 6.19. The summed E-state index contributed by atoms with van der Waals surface area (Å²) < 4.78 is 3.89. The molecule has 0 bridgehead atoms. The van der Waals surface area contributed by atoms with Crippen LogP contribution in [0.2, 0.25) is 5.28 Å². The number of imidazole rings is 1. The van der Waals surface area contributed by atoms with Crippen molar-refractivity contribution in [3.63, 3.8) is 0 Å². The van der Waals surface area contributed by atoms with Crippen LogP contribution < -0.4 is 10.6 Å². The molecule has 0 spiro atoms. The summed E-state index contributed by atoms with van der Waals surface area (Å²) in [6, 6.07) is 11.0. The van der Waals surface area contributed by atoms with E-state index in [1.807, 2.05) is 33.6 Å². The number of hydrogen-bond acceptors (Lipinski definition) is 6. The average Bonchev–Trinajstić information content (AvgIpc) is 3.24. The van der Waals surface area contributed by atoms with E-state index in [4.69, 9.17) is 11.6 Å². The minimum absolute atomic E-state index is 0.198. The van der Waals surface area contributed by atoms with E-state index in [-0.39, 0.29) is 11.3 Å². The Kier molecular flexibility index (Phi) is 4.78. The fourth-order valence-electron chi connectivity index (χ4n) is 3.43. The van der Waals surface area contributed by atoms with Crippen LogP contribution in [0.5, 0.6) is 0 Å². The molecule has 1 aliphatic rings. The Balaban J connectivity index is 1.41. The number of halogens is 1. The fraction of sp³-hybridized carbons (Fsp3) is 0.333. The highest BCUT2D eigenvalue weighted by atomic mass is 35.5. The summed E-state index contributed by atoms with van der Waals surface area (Å²) in [5.41, 5.74) is 3.53. The first-order valence-corrected chi connectivity index (χ1v) is 10.5. The van der Waals surface area contributed by atoms with Crippen LogP contribution in [0.3, 0.4) is 0 Å². The molecule has 1 aromatic carbocycles. The molecule has 1 fully saturated rings. The zero-order valence-electron chi connectivity index (χ0n) is 16.9. The predicted molar refractivity (Wildman–Crippen MR) is 118 cm³/mol. The Bertz CT molecular complexity index is 1190. The van der Waals surface area contributed by atoms with Crippen molar-refractivity contribution < 1.29 is 0 Å². The zero-order valence-corrected chi connectivity index (χ0v) is 17.6. The smallest absolute Gasteiger partial charge is 0.226 e. The Morgan fingerprint density at radius 3 is 2.80 bits per heavy atom. The molecule has 5 rings (SSSR count). The predicted octanol–water partition coefficient (Wildman–Crippen LogP) is 4.43. The summed E-state index contributed by atoms with van der Waals surface area (Å²) in [6.07, 6.45) is 6.19. The lowest BCUT2D eigenvalue weighted by Crippen LogP contribution is -2.08. The van der Waals surface area contributed by atoms with Crippen molar-refractivity contribution in [2.75, 3.05) is 10.6 Å². The van der Waals surface area contributed by atoms with Gasteiger partial charge in [-0.05, 0) is 49.9 Å². The van der Waals surface area contributed by atoms with Gasteiger partial charge in [-0.15, -0.1) is 0 Å². The van der Waals surface area contributed by atoms with Crippen LogP contribution in [0, 0.1) is 0 Å². The van der Waals surface area contributed by atoms with Gasteiger partial charge >= 0.3 is 0 Å². The number of rotatable bonds is 7. The van der Waals surface area contributed by atoms with E-state index in [0.29, 0.717) is 23.9 Å². The van der Waals surface area contributed by atoms with Crippen LogP contribution >= 0.6 is 11.6 Å². The monoisotopic (exact) mass is 422 g/mol. The SMILES string of the molecule is CC(C)n1cnc2c(NCc3ccccc3-n3ccc(NC4CC4)n3)nc(Cl)nc21. The molecule has 2 N–H and O–H groups in total. The summed E-state index contributed by atoms with van der Waals surface area (Å²) in [7, 11) is 0. The molecule has 9 heteroatoms. The van der Waals surface area contributed by atoms with Crippen LogP contribution in [0.4, 0.5) is 11.6 Å². The standard InChI is InChI=1S/C21H23ClN8/c1-13(2)29-12-24-18-19(26-21(22)27-20(18)29)23-11-14-5-3-4-6-16(14)30-10-9-17(28-30)25-15-7-8-15/h3-6,9-10,12-13,15H,7-8,11H2,1-2H3,(H,25,28)(H,23,26,27). The van der Waals surface area contributed by atoms with Crippen LogP contribution in [0.25, 0.3) is 16.9 Å². The second kappa shape index (κ2) is 7.60. The van der Waals surface area contributed by atoms with Crippen LogP contribution in [-0.2, 0) is 6.54 Å². The van der Waals surface area contributed by atoms with Crippen molar-refractivity contribution in [1.82, 2.24) is 29.3 Å². The first kappa shape index (κ1) is 18.9. The maximum Gasteiger partial charge on any atom is 0.226 e. The molecule has 0 atom stereocenters. The number of para-hydroxylation sites is 1. The molecule has 0 unspecified atom stereocenters. The highest BCUT2D eigenvalue weighted by Crippen LogP contribution is 2.26. The van der Waals surface area contributed by atoms with E-state index in [1.54, 1.807) is 6.33 Å². The Labute approximate surface area is 179 Å². The van der Waals surface area contributed by atoms with Gasteiger partial charge in [-0.1, -0.05) is 18.2 Å². The summed E-state index contributed by atoms with van der Waals surface area (Å²) in [6.45, 7) is 4.71. The van der Waals surface area contributed by atoms with Gasteiger partial charge < -0.3 is 15.2 Å². The van der Waals surface area contributed by atoms with Crippen molar-refractivity contribution in [2.45, 2.75) is 45.3 Å². The fourth-order valence-corrected chi connectivity index (χ4v) is 3.59. The van der Waals surface area contributed by atoms with Gasteiger partial charge in [0.25, 0.3) is 0 Å². The summed E-state index contributed by atoms with van der Waals surface area (Å²) in [5.74, 6) is 1.53. The molecule has 0 aliphatic heterocycles. The van der Waals surface area contributed by atoms with Crippen molar-refractivity contribution in [3.05, 3.63) is 53.7 Å². The number of anilines is 2. The summed E-state index contributed by atoms with van der Waals surface area (Å²) in [5, 5.41) is 11.7. The van der Waals surface area contributed by atoms with Gasteiger partial charge in [-0.2, -0.15) is 15.1 Å². The van der Waals surface area contributed by atoms with E-state index >= 15 is 0 Å². The van der Waals surface area contributed by atoms with Gasteiger partial charge in [0.05, 0.1) is 12.0 Å². The van der Waals surface area contributed by atoms with E-state index in [9.17, 15) is 0 Å². The highest BCUT2D eigenvalue weighted by Gasteiger charge is 2.22. The van der Waals surface area contributed by atoms with Crippen LogP contribution in [0.15, 0.2) is 42.9 Å². The molecule has 1 saturated carbocycles. The van der Waals surface area contributed by atoms with Gasteiger partial charge in [0.15, 0.2) is 17.0 Å². The number of hydrogen-bond donors (Lipinski definition) is 2. The Morgan fingerprint density at radius 2 is 2.00 bits per heavy atom. The van der Waals surface area contributed by atoms with Gasteiger partial charge in [-0.3, -0.25) is 0 Å². The van der Waals surface area contributed by atoms with Gasteiger partial charge in [0.1, 0.15) is 5.82 Å². The molecule has 3 heterocycles. The second-order valence-corrected chi connectivity index (χ2v) is 8.14. The lowest BCUT2D eigenvalue weighted by Gasteiger charge is -2.12. The number of benzene rings is 1. The maximum absolute atomic E-state index is 6.19. The van der Waals surface area contributed by atoms with E-state index in [2.05, 4.69) is 56.7 Å². The topological polar surface area (TPSA) is 85.5 Å². The van der Waals surface area contributed by atoms with E-state index in [0.717, 1.165) is 22.7 Å². The lowest BCUT2D eigenvalue weighted by atomic mass is 10.2. The lowest BCUT2D eigenvalue weighted by molar-refractivity contribution is 0.612. The molecule has 3 aromatic heterocycles. The molecule has 154 valence electrons. The van der Waals surface area contributed by atoms with Crippen LogP contribution in [-0.4, -0.2) is 35.3 Å². The quantitative estimate of drug-likeness (QED) is 0.428. The molecular weight excluding hydrogens is 400 g/mol. The number of aromatic nitrogens is 6. The van der Waals surface area contributed by atoms with Gasteiger partial charge in [0, 0.05) is 30.9 Å². The normalized spacial score (nSPS) is 13.9. The molecule has 8 nitrogen and oxygen atoms in total. The van der Waals surface area contributed by atoms with Crippen molar-refractivity contribution in [3.8, 4) is 5.69 Å². The zero-order chi connectivity index (χ0) is 20.7. The van der Waals surface area contributed by atoms with E-state index in [1.165, 1.54) is 12.8 Å². The number of fused-ring (bicyclic) bond motifs is 1. The summed E-state index contributed by atoms with van der Waals surface area (Å²) >= 11 is 6.19. The third-order valence-electron chi connectivity index (χ3n) is 5.15. The highest BCUT2D eigenvalue weighted by molar-refractivity contribution is 6.28. The first-order valence-electron chi connectivity index (χ1n) is 10.1. The third-order valence-corrected chi connectivity index (χ3v) is 5.32. The minimum atomic E-state index is 0.198. The van der Waals surface area contributed by atoms with Crippen molar-refractivity contribution >= 4 is 34.4 Å². The molecule has 4 aromatic rings. The molecule has 30 heavy (non-hydrogen) atoms. The average molecular weight is 423 g/mol. The van der Waals surface area contributed by atoms with Crippen molar-refractivity contribution in [2.24, 2.45) is 0 Å². The van der Waals surface area contributed by atoms with Gasteiger partial charge in [0.2, 0.25) is 5.28 Å². The molecule has 0 saturated heterocycles. The molecular formula is C21H23ClN8. The molecule has 0 radical (unpaired) electrons. The van der Waals surface area contributed by atoms with Crippen LogP contribution in [0.1, 0.15) is 38.3 Å². The minimum Gasteiger partial charge on any atom is -0.366 e. The largest absolute Gasteiger partial charge is 0.366 e. The van der Waals surface area contributed by atoms with E-state index < -0.39 is 0 Å². The summed E-state index contributed by atoms with van der Waals surface area (Å²) in [4.78, 5) is 13.2.